The van der Waals surface area contributed by atoms with Crippen molar-refractivity contribution in [3.05, 3.63) is 11.6 Å². The van der Waals surface area contributed by atoms with Crippen molar-refractivity contribution in [3.63, 3.8) is 0 Å². The molecule has 1 aliphatic heterocycles. The summed E-state index contributed by atoms with van der Waals surface area (Å²) >= 11 is 0. The Morgan fingerprint density at radius 2 is 1.85 bits per heavy atom. The highest BCUT2D eigenvalue weighted by Gasteiger charge is 2.35. The lowest BCUT2D eigenvalue weighted by molar-refractivity contribution is -0.128. The van der Waals surface area contributed by atoms with Gasteiger partial charge in [0.1, 0.15) is 5.78 Å². The van der Waals surface area contributed by atoms with E-state index in [-0.39, 0.29) is 11.8 Å². The van der Waals surface area contributed by atoms with E-state index >= 15 is 0 Å². The molecule has 0 bridgehead atoms. The van der Waals surface area contributed by atoms with Crippen LogP contribution in [-0.2, 0) is 9.59 Å². The summed E-state index contributed by atoms with van der Waals surface area (Å²) in [6.45, 7) is 1.82. The Kier molecular flexibility index (Phi) is 4.23. The van der Waals surface area contributed by atoms with Crippen molar-refractivity contribution in [1.29, 1.82) is 0 Å². The van der Waals surface area contributed by atoms with E-state index in [1.165, 1.54) is 18.4 Å². The minimum absolute atomic E-state index is 0.182. The number of nitrogens with zero attached hydrogens (tertiary/aromatic N) is 1. The van der Waals surface area contributed by atoms with E-state index in [2.05, 4.69) is 0 Å². The van der Waals surface area contributed by atoms with E-state index in [1.807, 2.05) is 11.0 Å². The van der Waals surface area contributed by atoms with Crippen LogP contribution in [0.1, 0.15) is 57.8 Å². The first-order valence-electron chi connectivity index (χ1n) is 8.25. The van der Waals surface area contributed by atoms with Gasteiger partial charge in [-0.15, -0.1) is 0 Å². The first-order valence-corrected chi connectivity index (χ1v) is 8.25. The molecule has 2 saturated carbocycles. The average molecular weight is 275 g/mol. The Morgan fingerprint density at radius 3 is 2.65 bits per heavy atom. The summed E-state index contributed by atoms with van der Waals surface area (Å²) in [6.07, 6.45) is 11.4. The van der Waals surface area contributed by atoms with Crippen LogP contribution in [0.3, 0.4) is 0 Å². The number of ketones is 1. The van der Waals surface area contributed by atoms with Crippen molar-refractivity contribution in [1.82, 2.24) is 4.90 Å². The molecule has 3 heteroatoms. The number of likely N-dealkylation sites (tertiary alicyclic amines) is 1. The van der Waals surface area contributed by atoms with Crippen LogP contribution in [0.4, 0.5) is 0 Å². The van der Waals surface area contributed by atoms with Gasteiger partial charge < -0.3 is 4.90 Å². The van der Waals surface area contributed by atoms with Gasteiger partial charge in [0.15, 0.2) is 0 Å². The van der Waals surface area contributed by atoms with Gasteiger partial charge in [0, 0.05) is 31.5 Å². The van der Waals surface area contributed by atoms with Gasteiger partial charge in [-0.1, -0.05) is 5.57 Å². The summed E-state index contributed by atoms with van der Waals surface area (Å²) in [5.74, 6) is 1.44. The standard InChI is InChI=1S/C17H25NO2/c19-16-6-4-5-14-8-7-13(11-15(14)16)12-17(20)18-9-2-1-3-10-18/h12,14-15H,1-11H2/b13-12-/t14-,15-/m0/s1. The molecule has 3 aliphatic rings. The number of hydrogen-bond acceptors (Lipinski definition) is 2. The van der Waals surface area contributed by atoms with Gasteiger partial charge in [0.05, 0.1) is 0 Å². The molecule has 0 unspecified atom stereocenters. The Morgan fingerprint density at radius 1 is 1.05 bits per heavy atom. The van der Waals surface area contributed by atoms with Crippen LogP contribution in [0.15, 0.2) is 11.6 Å². The van der Waals surface area contributed by atoms with Crippen molar-refractivity contribution in [2.45, 2.75) is 57.8 Å². The molecule has 0 aromatic rings. The van der Waals surface area contributed by atoms with Gasteiger partial charge in [-0.05, 0) is 57.3 Å². The number of piperidine rings is 1. The molecule has 1 heterocycles. The molecule has 0 N–H and O–H groups in total. The third kappa shape index (κ3) is 2.97. The highest BCUT2D eigenvalue weighted by molar-refractivity contribution is 5.89. The van der Waals surface area contributed by atoms with Crippen molar-refractivity contribution < 1.29 is 9.59 Å². The number of Topliss-reactive ketones (excluding diaryl/α,β-unsaturated/α-hetero) is 1. The fourth-order valence-corrected chi connectivity index (χ4v) is 4.08. The predicted molar refractivity (Wildman–Crippen MR) is 78.2 cm³/mol. The molecule has 1 saturated heterocycles. The quantitative estimate of drug-likeness (QED) is 0.690. The summed E-state index contributed by atoms with van der Waals surface area (Å²) in [5.41, 5.74) is 1.22. The Bertz CT molecular complexity index is 421. The largest absolute Gasteiger partial charge is 0.339 e. The predicted octanol–water partition coefficient (Wildman–Crippen LogP) is 3.09. The van der Waals surface area contributed by atoms with Crippen molar-refractivity contribution in [2.75, 3.05) is 13.1 Å². The van der Waals surface area contributed by atoms with Gasteiger partial charge in [-0.3, -0.25) is 9.59 Å². The molecule has 2 atom stereocenters. The lowest BCUT2D eigenvalue weighted by Crippen LogP contribution is -2.35. The van der Waals surface area contributed by atoms with Crippen molar-refractivity contribution in [2.24, 2.45) is 11.8 Å². The fraction of sp³-hybridized carbons (Fsp3) is 0.765. The normalized spacial score (nSPS) is 33.1. The molecule has 3 rings (SSSR count). The van der Waals surface area contributed by atoms with E-state index in [9.17, 15) is 9.59 Å². The fourth-order valence-electron chi connectivity index (χ4n) is 4.08. The Balaban J connectivity index is 1.63. The van der Waals surface area contributed by atoms with E-state index < -0.39 is 0 Å². The molecule has 110 valence electrons. The molecule has 2 aliphatic carbocycles. The lowest BCUT2D eigenvalue weighted by atomic mass is 9.69. The lowest BCUT2D eigenvalue weighted by Gasteiger charge is -2.35. The molecule has 1 amide bonds. The molecule has 0 spiro atoms. The Hall–Kier alpha value is -1.12. The third-order valence-electron chi connectivity index (χ3n) is 5.29. The van der Waals surface area contributed by atoms with Gasteiger partial charge in [0.2, 0.25) is 5.91 Å². The van der Waals surface area contributed by atoms with Crippen LogP contribution < -0.4 is 0 Å². The average Bonchev–Trinajstić information content (AvgIpc) is 2.49. The van der Waals surface area contributed by atoms with Gasteiger partial charge in [0.25, 0.3) is 0 Å². The van der Waals surface area contributed by atoms with Crippen LogP contribution in [-0.4, -0.2) is 29.7 Å². The zero-order valence-electron chi connectivity index (χ0n) is 12.3. The van der Waals surface area contributed by atoms with Gasteiger partial charge in [-0.25, -0.2) is 0 Å². The van der Waals surface area contributed by atoms with E-state index in [4.69, 9.17) is 0 Å². The molecule has 3 nitrogen and oxygen atoms in total. The van der Waals surface area contributed by atoms with Crippen LogP contribution >= 0.6 is 0 Å². The van der Waals surface area contributed by atoms with Crippen LogP contribution in [0.25, 0.3) is 0 Å². The Labute approximate surface area is 121 Å². The summed E-state index contributed by atoms with van der Waals surface area (Å²) in [5, 5.41) is 0. The van der Waals surface area contributed by atoms with Crippen LogP contribution in [0.5, 0.6) is 0 Å². The second-order valence-electron chi connectivity index (χ2n) is 6.66. The zero-order chi connectivity index (χ0) is 13.9. The summed E-state index contributed by atoms with van der Waals surface area (Å²) in [6, 6.07) is 0. The van der Waals surface area contributed by atoms with Crippen molar-refractivity contribution in [3.8, 4) is 0 Å². The second kappa shape index (κ2) is 6.11. The number of carbonyl (C=O) groups is 2. The molecule has 0 radical (unpaired) electrons. The van der Waals surface area contributed by atoms with Crippen LogP contribution in [0.2, 0.25) is 0 Å². The number of rotatable bonds is 1. The monoisotopic (exact) mass is 275 g/mol. The number of carbonyl (C=O) groups excluding carboxylic acids is 2. The number of hydrogen-bond donors (Lipinski definition) is 0. The SMILES string of the molecule is O=C1CCC[C@H]2CC/C(=C/C(=O)N3CCCCC3)C[C@H]12. The van der Waals surface area contributed by atoms with E-state index in [0.717, 1.165) is 58.0 Å². The molecular formula is C17H25NO2. The first kappa shape index (κ1) is 13.8. The molecular weight excluding hydrogens is 250 g/mol. The second-order valence-corrected chi connectivity index (χ2v) is 6.66. The van der Waals surface area contributed by atoms with E-state index in [0.29, 0.717) is 11.7 Å². The minimum atomic E-state index is 0.182. The maximum atomic E-state index is 12.3. The highest BCUT2D eigenvalue weighted by atomic mass is 16.2. The number of allylic oxidation sites excluding steroid dienone is 1. The summed E-state index contributed by atoms with van der Waals surface area (Å²) in [7, 11) is 0. The zero-order valence-corrected chi connectivity index (χ0v) is 12.3. The summed E-state index contributed by atoms with van der Waals surface area (Å²) < 4.78 is 0. The molecule has 20 heavy (non-hydrogen) atoms. The maximum absolute atomic E-state index is 12.3. The number of amides is 1. The third-order valence-corrected chi connectivity index (χ3v) is 5.29. The summed E-state index contributed by atoms with van der Waals surface area (Å²) in [4.78, 5) is 26.3. The van der Waals surface area contributed by atoms with Crippen molar-refractivity contribution >= 4 is 11.7 Å². The maximum Gasteiger partial charge on any atom is 0.246 e. The van der Waals surface area contributed by atoms with Gasteiger partial charge in [-0.2, -0.15) is 0 Å². The van der Waals surface area contributed by atoms with Gasteiger partial charge >= 0.3 is 0 Å². The van der Waals surface area contributed by atoms with Crippen LogP contribution in [0, 0.1) is 11.8 Å². The molecule has 3 fully saturated rings. The van der Waals surface area contributed by atoms with E-state index in [1.54, 1.807) is 0 Å². The first-order chi connectivity index (χ1) is 9.74. The number of fused-ring (bicyclic) bond motifs is 1. The molecule has 0 aromatic carbocycles. The smallest absolute Gasteiger partial charge is 0.246 e. The minimum Gasteiger partial charge on any atom is -0.339 e. The molecule has 0 aromatic heterocycles. The topological polar surface area (TPSA) is 37.4 Å². The highest BCUT2D eigenvalue weighted by Crippen LogP contribution is 2.40.